The second-order valence-corrected chi connectivity index (χ2v) is 8.78. The van der Waals surface area contributed by atoms with E-state index < -0.39 is 29.5 Å². The van der Waals surface area contributed by atoms with E-state index in [-0.39, 0.29) is 18.1 Å². The van der Waals surface area contributed by atoms with Crippen molar-refractivity contribution in [3.63, 3.8) is 0 Å². The molecule has 3 aromatic rings. The van der Waals surface area contributed by atoms with Gasteiger partial charge in [-0.25, -0.2) is 13.6 Å². The number of carboxylic acids is 1. The van der Waals surface area contributed by atoms with Crippen molar-refractivity contribution in [3.05, 3.63) is 94.8 Å². The fraction of sp³-hybridized carbons (Fsp3) is 0.269. The van der Waals surface area contributed by atoms with Crippen LogP contribution in [0.25, 0.3) is 0 Å². The smallest absolute Gasteiger partial charge is 0.344 e. The van der Waals surface area contributed by atoms with E-state index >= 15 is 4.39 Å². The van der Waals surface area contributed by atoms with Gasteiger partial charge in [-0.3, -0.25) is 0 Å². The molecule has 0 spiro atoms. The summed E-state index contributed by atoms with van der Waals surface area (Å²) in [5.74, 6) is -3.28. The van der Waals surface area contributed by atoms with Crippen LogP contribution in [-0.2, 0) is 11.2 Å². The molecule has 1 aliphatic rings. The van der Waals surface area contributed by atoms with Gasteiger partial charge in [0.15, 0.2) is 11.6 Å². The molecule has 1 saturated carbocycles. The number of hydrogen-bond donors (Lipinski definition) is 2. The van der Waals surface area contributed by atoms with E-state index in [0.29, 0.717) is 34.7 Å². The van der Waals surface area contributed by atoms with Crippen LogP contribution in [0.3, 0.4) is 0 Å². The number of benzene rings is 3. The summed E-state index contributed by atoms with van der Waals surface area (Å²) in [5.41, 5.74) is -2.12. The number of aliphatic carboxylic acids is 1. The molecular weight excluding hydrogens is 450 g/mol. The second kappa shape index (κ2) is 9.49. The lowest BCUT2D eigenvalue weighted by atomic mass is 9.75. The molecule has 0 aliphatic heterocycles. The van der Waals surface area contributed by atoms with E-state index in [1.54, 1.807) is 54.6 Å². The molecule has 0 radical (unpaired) electrons. The Morgan fingerprint density at radius 3 is 2.36 bits per heavy atom. The van der Waals surface area contributed by atoms with Crippen LogP contribution in [-0.4, -0.2) is 28.0 Å². The fourth-order valence-corrected chi connectivity index (χ4v) is 4.31. The highest BCUT2D eigenvalue weighted by atomic mass is 35.5. The molecule has 7 heteroatoms. The largest absolute Gasteiger partial charge is 0.479 e. The minimum Gasteiger partial charge on any atom is -0.479 e. The average molecular weight is 473 g/mol. The lowest BCUT2D eigenvalue weighted by Gasteiger charge is -2.35. The lowest BCUT2D eigenvalue weighted by Crippen LogP contribution is -2.52. The predicted octanol–water partition coefficient (Wildman–Crippen LogP) is 6.16. The quantitative estimate of drug-likeness (QED) is 0.391. The van der Waals surface area contributed by atoms with E-state index in [2.05, 4.69) is 0 Å². The van der Waals surface area contributed by atoms with Crippen molar-refractivity contribution in [3.8, 4) is 11.5 Å². The first-order valence-electron chi connectivity index (χ1n) is 10.7. The second-order valence-electron chi connectivity index (χ2n) is 8.34. The predicted molar refractivity (Wildman–Crippen MR) is 121 cm³/mol. The van der Waals surface area contributed by atoms with Gasteiger partial charge in [-0.05, 0) is 66.3 Å². The summed E-state index contributed by atoms with van der Waals surface area (Å²) in [7, 11) is 0. The SMILES string of the molecule is O=C(O)[C@@](F)([C@H](O)Cc1ccc(F)c(Oc2ccccc2)c1)[C@@H](c1ccc(Cl)cc1)C1CC1. The van der Waals surface area contributed by atoms with Crippen LogP contribution in [0.5, 0.6) is 11.5 Å². The topological polar surface area (TPSA) is 66.8 Å². The minimum absolute atomic E-state index is 0.0953. The molecule has 0 saturated heterocycles. The Labute approximate surface area is 195 Å². The molecule has 1 fully saturated rings. The molecule has 0 unspecified atom stereocenters. The van der Waals surface area contributed by atoms with E-state index in [4.69, 9.17) is 16.3 Å². The number of aliphatic hydroxyl groups excluding tert-OH is 1. The van der Waals surface area contributed by atoms with Gasteiger partial charge >= 0.3 is 5.97 Å². The van der Waals surface area contributed by atoms with E-state index in [1.807, 2.05) is 0 Å². The monoisotopic (exact) mass is 472 g/mol. The van der Waals surface area contributed by atoms with Crippen LogP contribution in [0.4, 0.5) is 8.78 Å². The molecule has 33 heavy (non-hydrogen) atoms. The van der Waals surface area contributed by atoms with Crippen LogP contribution >= 0.6 is 11.6 Å². The van der Waals surface area contributed by atoms with Crippen LogP contribution in [0.15, 0.2) is 72.8 Å². The Morgan fingerprint density at radius 1 is 1.09 bits per heavy atom. The van der Waals surface area contributed by atoms with Gasteiger partial charge in [0.25, 0.3) is 0 Å². The standard InChI is InChI=1S/C26H23ClF2O4/c27-19-11-9-18(10-12-19)24(17-7-8-17)26(29,25(31)32)23(30)15-16-6-13-21(28)22(14-16)33-20-4-2-1-3-5-20/h1-6,9-14,17,23-24,30H,7-8,15H2,(H,31,32)/t23-,24-,26-/m1/s1. The summed E-state index contributed by atoms with van der Waals surface area (Å²) in [4.78, 5) is 12.2. The first kappa shape index (κ1) is 23.2. The third-order valence-corrected chi connectivity index (χ3v) is 6.24. The van der Waals surface area contributed by atoms with Crippen molar-refractivity contribution < 1.29 is 28.5 Å². The number of aliphatic hydroxyl groups is 1. The molecule has 3 aromatic carbocycles. The molecule has 1 aliphatic carbocycles. The van der Waals surface area contributed by atoms with Crippen molar-refractivity contribution in [2.75, 3.05) is 0 Å². The summed E-state index contributed by atoms with van der Waals surface area (Å²) in [6.45, 7) is 0. The van der Waals surface area contributed by atoms with Crippen molar-refractivity contribution in [2.24, 2.45) is 5.92 Å². The average Bonchev–Trinajstić information content (AvgIpc) is 3.63. The number of carbonyl (C=O) groups is 1. The molecule has 4 nitrogen and oxygen atoms in total. The zero-order valence-electron chi connectivity index (χ0n) is 17.6. The highest BCUT2D eigenvalue weighted by Gasteiger charge is 2.57. The highest BCUT2D eigenvalue weighted by molar-refractivity contribution is 6.30. The number of halogens is 3. The van der Waals surface area contributed by atoms with Crippen molar-refractivity contribution in [2.45, 2.75) is 37.0 Å². The van der Waals surface area contributed by atoms with Crippen LogP contribution in [0.2, 0.25) is 5.02 Å². The van der Waals surface area contributed by atoms with Crippen molar-refractivity contribution in [1.82, 2.24) is 0 Å². The van der Waals surface area contributed by atoms with Crippen molar-refractivity contribution in [1.29, 1.82) is 0 Å². The lowest BCUT2D eigenvalue weighted by molar-refractivity contribution is -0.163. The van der Waals surface area contributed by atoms with Gasteiger partial charge < -0.3 is 14.9 Å². The van der Waals surface area contributed by atoms with E-state index in [1.165, 1.54) is 12.1 Å². The van der Waals surface area contributed by atoms with Gasteiger partial charge in [-0.15, -0.1) is 0 Å². The fourth-order valence-electron chi connectivity index (χ4n) is 4.18. The zero-order chi connectivity index (χ0) is 23.6. The van der Waals surface area contributed by atoms with Gasteiger partial charge in [0, 0.05) is 17.4 Å². The first-order valence-corrected chi connectivity index (χ1v) is 11.0. The normalized spacial score (nSPS) is 17.1. The maximum absolute atomic E-state index is 16.3. The molecule has 172 valence electrons. The number of alkyl halides is 1. The Hall–Kier alpha value is -2.96. The van der Waals surface area contributed by atoms with Crippen LogP contribution in [0, 0.1) is 11.7 Å². The third-order valence-electron chi connectivity index (χ3n) is 5.98. The highest BCUT2D eigenvalue weighted by Crippen LogP contribution is 2.51. The van der Waals surface area contributed by atoms with E-state index in [9.17, 15) is 19.4 Å². The molecule has 3 atom stereocenters. The third kappa shape index (κ3) is 5.02. The Bertz CT molecular complexity index is 1120. The van der Waals surface area contributed by atoms with Gasteiger partial charge in [-0.2, -0.15) is 0 Å². The molecule has 2 N–H and O–H groups in total. The Kier molecular flexibility index (Phi) is 6.68. The number of hydrogen-bond acceptors (Lipinski definition) is 3. The van der Waals surface area contributed by atoms with E-state index in [0.717, 1.165) is 6.07 Å². The first-order chi connectivity index (χ1) is 15.8. The molecule has 0 bridgehead atoms. The summed E-state index contributed by atoms with van der Waals surface area (Å²) < 4.78 is 36.1. The van der Waals surface area contributed by atoms with Crippen molar-refractivity contribution >= 4 is 17.6 Å². The summed E-state index contributed by atoms with van der Waals surface area (Å²) in [5, 5.41) is 21.2. The van der Waals surface area contributed by atoms with Gasteiger partial charge in [0.05, 0.1) is 0 Å². The van der Waals surface area contributed by atoms with Crippen LogP contribution < -0.4 is 4.74 Å². The Balaban J connectivity index is 1.62. The summed E-state index contributed by atoms with van der Waals surface area (Å²) in [6, 6.07) is 18.8. The number of ether oxygens (including phenoxy) is 1. The Morgan fingerprint density at radius 2 is 1.76 bits per heavy atom. The summed E-state index contributed by atoms with van der Waals surface area (Å²) >= 11 is 5.94. The molecule has 0 amide bonds. The number of carboxylic acid groups (broad SMARTS) is 1. The maximum atomic E-state index is 16.3. The molecular formula is C26H23ClF2O4. The molecule has 0 heterocycles. The van der Waals surface area contributed by atoms with Crippen LogP contribution in [0.1, 0.15) is 29.9 Å². The number of para-hydroxylation sites is 1. The van der Waals surface area contributed by atoms with Gasteiger partial charge in [0.1, 0.15) is 11.9 Å². The van der Waals surface area contributed by atoms with Gasteiger partial charge in [0.2, 0.25) is 5.67 Å². The molecule has 4 rings (SSSR count). The minimum atomic E-state index is -2.94. The zero-order valence-corrected chi connectivity index (χ0v) is 18.4. The number of rotatable bonds is 9. The molecule has 0 aromatic heterocycles. The van der Waals surface area contributed by atoms with Gasteiger partial charge in [-0.1, -0.05) is 48.0 Å². The maximum Gasteiger partial charge on any atom is 0.344 e. The summed E-state index contributed by atoms with van der Waals surface area (Å²) in [6.07, 6.45) is -0.855.